The predicted molar refractivity (Wildman–Crippen MR) is 56.9 cm³/mol. The molecule has 0 unspecified atom stereocenters. The summed E-state index contributed by atoms with van der Waals surface area (Å²) >= 11 is 0. The molecule has 0 spiro atoms. The molecule has 1 heteroatoms. The summed E-state index contributed by atoms with van der Waals surface area (Å²) in [6, 6.07) is 8.18. The first-order valence-electron chi connectivity index (χ1n) is 4.61. The number of hydrogen-bond acceptors (Lipinski definition) is 1. The third kappa shape index (κ3) is 2.35. The Morgan fingerprint density at radius 1 is 1.31 bits per heavy atom. The van der Waals surface area contributed by atoms with Crippen molar-refractivity contribution in [3.8, 4) is 5.75 Å². The number of rotatable bonds is 3. The van der Waals surface area contributed by atoms with Crippen LogP contribution in [-0.2, 0) is 0 Å². The van der Waals surface area contributed by atoms with Crippen LogP contribution >= 0.6 is 0 Å². The lowest BCUT2D eigenvalue weighted by atomic mass is 10.0. The van der Waals surface area contributed by atoms with Gasteiger partial charge in [0, 0.05) is 0 Å². The van der Waals surface area contributed by atoms with Crippen LogP contribution in [0.5, 0.6) is 5.75 Å². The molecule has 70 valence electrons. The monoisotopic (exact) mass is 176 g/mol. The molecule has 0 aromatic heterocycles. The Balaban J connectivity index is 2.91. The minimum Gasteiger partial charge on any atom is -0.497 e. The maximum Gasteiger partial charge on any atom is 0.118 e. The quantitative estimate of drug-likeness (QED) is 0.684. The maximum atomic E-state index is 5.10. The maximum absolute atomic E-state index is 5.10. The van der Waals surface area contributed by atoms with Gasteiger partial charge in [-0.3, -0.25) is 0 Å². The number of methoxy groups -OCH3 is 1. The van der Waals surface area contributed by atoms with E-state index in [-0.39, 0.29) is 0 Å². The van der Waals surface area contributed by atoms with Crippen molar-refractivity contribution >= 4 is 5.57 Å². The van der Waals surface area contributed by atoms with Crippen LogP contribution in [0, 0.1) is 0 Å². The van der Waals surface area contributed by atoms with E-state index in [1.807, 2.05) is 12.1 Å². The van der Waals surface area contributed by atoms with Gasteiger partial charge in [-0.25, -0.2) is 0 Å². The molecule has 1 rings (SSSR count). The first-order valence-corrected chi connectivity index (χ1v) is 4.61. The number of ether oxygens (including phenoxy) is 1. The molecular weight excluding hydrogens is 160 g/mol. The van der Waals surface area contributed by atoms with Crippen LogP contribution in [0.3, 0.4) is 0 Å². The van der Waals surface area contributed by atoms with Gasteiger partial charge < -0.3 is 4.74 Å². The van der Waals surface area contributed by atoms with Gasteiger partial charge in [-0.1, -0.05) is 25.1 Å². The average molecular weight is 176 g/mol. The molecule has 0 fully saturated rings. The van der Waals surface area contributed by atoms with Gasteiger partial charge in [-0.2, -0.15) is 0 Å². The molecule has 0 saturated carbocycles. The average Bonchev–Trinajstić information content (AvgIpc) is 2.21. The van der Waals surface area contributed by atoms with Gasteiger partial charge in [-0.05, 0) is 36.6 Å². The third-order valence-corrected chi connectivity index (χ3v) is 2.19. The van der Waals surface area contributed by atoms with Crippen molar-refractivity contribution in [1.82, 2.24) is 0 Å². The van der Waals surface area contributed by atoms with Gasteiger partial charge in [0.15, 0.2) is 0 Å². The fourth-order valence-electron chi connectivity index (χ4n) is 1.38. The largest absolute Gasteiger partial charge is 0.497 e. The second-order valence-electron chi connectivity index (χ2n) is 2.90. The Morgan fingerprint density at radius 3 is 2.31 bits per heavy atom. The number of allylic oxidation sites excluding steroid dienone is 2. The van der Waals surface area contributed by atoms with Gasteiger partial charge in [0.25, 0.3) is 0 Å². The minimum atomic E-state index is 0.912. The van der Waals surface area contributed by atoms with Gasteiger partial charge in [-0.15, -0.1) is 0 Å². The standard InChI is InChI=1S/C12H16O/c1-4-10(5-2)11-6-8-12(13-3)9-7-11/h4,6-9H,5H2,1-3H3/b10-4+. The van der Waals surface area contributed by atoms with E-state index in [0.717, 1.165) is 12.2 Å². The van der Waals surface area contributed by atoms with Crippen LogP contribution < -0.4 is 4.74 Å². The topological polar surface area (TPSA) is 9.23 Å². The Labute approximate surface area is 80.0 Å². The summed E-state index contributed by atoms with van der Waals surface area (Å²) in [6.07, 6.45) is 3.23. The lowest BCUT2D eigenvalue weighted by molar-refractivity contribution is 0.415. The van der Waals surface area contributed by atoms with E-state index in [9.17, 15) is 0 Å². The first kappa shape index (κ1) is 9.85. The molecule has 0 saturated heterocycles. The molecule has 0 aliphatic heterocycles. The molecule has 0 heterocycles. The second-order valence-corrected chi connectivity index (χ2v) is 2.90. The molecule has 1 aromatic rings. The summed E-state index contributed by atoms with van der Waals surface area (Å²) in [5.41, 5.74) is 2.66. The summed E-state index contributed by atoms with van der Waals surface area (Å²) in [7, 11) is 1.69. The van der Waals surface area contributed by atoms with Crippen molar-refractivity contribution in [2.24, 2.45) is 0 Å². The van der Waals surface area contributed by atoms with Crippen LogP contribution in [0.2, 0.25) is 0 Å². The molecule has 0 aliphatic rings. The van der Waals surface area contributed by atoms with Gasteiger partial charge >= 0.3 is 0 Å². The lowest BCUT2D eigenvalue weighted by Crippen LogP contribution is -1.85. The van der Waals surface area contributed by atoms with Gasteiger partial charge in [0.2, 0.25) is 0 Å². The lowest BCUT2D eigenvalue weighted by Gasteiger charge is -2.05. The van der Waals surface area contributed by atoms with Crippen LogP contribution in [0.25, 0.3) is 5.57 Å². The normalized spacial score (nSPS) is 11.5. The summed E-state index contributed by atoms with van der Waals surface area (Å²) in [5, 5.41) is 0. The van der Waals surface area contributed by atoms with E-state index in [0.29, 0.717) is 0 Å². The van der Waals surface area contributed by atoms with Gasteiger partial charge in [0.05, 0.1) is 7.11 Å². The third-order valence-electron chi connectivity index (χ3n) is 2.19. The highest BCUT2D eigenvalue weighted by atomic mass is 16.5. The van der Waals surface area contributed by atoms with E-state index < -0.39 is 0 Å². The first-order chi connectivity index (χ1) is 6.31. The molecule has 0 bridgehead atoms. The zero-order valence-corrected chi connectivity index (χ0v) is 8.50. The predicted octanol–water partition coefficient (Wildman–Crippen LogP) is 3.51. The molecular formula is C12H16O. The van der Waals surface area contributed by atoms with Gasteiger partial charge in [0.1, 0.15) is 5.75 Å². The van der Waals surface area contributed by atoms with Crippen LogP contribution in [0.15, 0.2) is 30.3 Å². The zero-order chi connectivity index (χ0) is 9.68. The highest BCUT2D eigenvalue weighted by molar-refractivity contribution is 5.65. The van der Waals surface area contributed by atoms with Crippen molar-refractivity contribution in [2.45, 2.75) is 20.3 Å². The minimum absolute atomic E-state index is 0.912. The van der Waals surface area contributed by atoms with E-state index in [4.69, 9.17) is 4.74 Å². The summed E-state index contributed by atoms with van der Waals surface area (Å²) < 4.78 is 5.10. The molecule has 0 aliphatic carbocycles. The fraction of sp³-hybridized carbons (Fsp3) is 0.333. The number of hydrogen-bond donors (Lipinski definition) is 0. The molecule has 0 radical (unpaired) electrons. The molecule has 0 amide bonds. The number of benzene rings is 1. The van der Waals surface area contributed by atoms with E-state index in [1.54, 1.807) is 7.11 Å². The summed E-state index contributed by atoms with van der Waals surface area (Å²) in [4.78, 5) is 0. The highest BCUT2D eigenvalue weighted by Crippen LogP contribution is 2.20. The zero-order valence-electron chi connectivity index (χ0n) is 8.50. The van der Waals surface area contributed by atoms with Crippen molar-refractivity contribution in [2.75, 3.05) is 7.11 Å². The Morgan fingerprint density at radius 2 is 1.92 bits per heavy atom. The Kier molecular flexibility index (Phi) is 3.56. The van der Waals surface area contributed by atoms with Crippen molar-refractivity contribution in [1.29, 1.82) is 0 Å². The molecule has 0 atom stereocenters. The summed E-state index contributed by atoms with van der Waals surface area (Å²) in [5.74, 6) is 0.912. The van der Waals surface area contributed by atoms with Crippen molar-refractivity contribution in [3.63, 3.8) is 0 Å². The molecule has 1 aromatic carbocycles. The smallest absolute Gasteiger partial charge is 0.118 e. The fourth-order valence-corrected chi connectivity index (χ4v) is 1.38. The Bertz CT molecular complexity index is 282. The van der Waals surface area contributed by atoms with Crippen LogP contribution in [0.1, 0.15) is 25.8 Å². The summed E-state index contributed by atoms with van der Waals surface area (Å²) in [6.45, 7) is 4.24. The SMILES string of the molecule is C/C=C(\CC)c1ccc(OC)cc1. The Hall–Kier alpha value is -1.24. The molecule has 13 heavy (non-hydrogen) atoms. The van der Waals surface area contributed by atoms with E-state index in [1.165, 1.54) is 11.1 Å². The van der Waals surface area contributed by atoms with Crippen molar-refractivity contribution < 1.29 is 4.74 Å². The van der Waals surface area contributed by atoms with Crippen molar-refractivity contribution in [3.05, 3.63) is 35.9 Å². The van der Waals surface area contributed by atoms with E-state index >= 15 is 0 Å². The molecule has 1 nitrogen and oxygen atoms in total. The second kappa shape index (κ2) is 4.70. The molecule has 0 N–H and O–H groups in total. The van der Waals surface area contributed by atoms with E-state index in [2.05, 4.69) is 32.1 Å². The van der Waals surface area contributed by atoms with Crippen LogP contribution in [0.4, 0.5) is 0 Å². The van der Waals surface area contributed by atoms with Crippen LogP contribution in [-0.4, -0.2) is 7.11 Å². The highest BCUT2D eigenvalue weighted by Gasteiger charge is 1.97.